The van der Waals surface area contributed by atoms with Crippen molar-refractivity contribution in [2.75, 3.05) is 0 Å². The number of hydrogen-bond donors (Lipinski definition) is 0. The first-order chi connectivity index (χ1) is 9.10. The van der Waals surface area contributed by atoms with Gasteiger partial charge in [0, 0.05) is 12.3 Å². The monoisotopic (exact) mass is 252 g/mol. The summed E-state index contributed by atoms with van der Waals surface area (Å²) >= 11 is 0. The van der Waals surface area contributed by atoms with Crippen molar-refractivity contribution in [1.29, 1.82) is 5.26 Å². The quantitative estimate of drug-likeness (QED) is 0.823. The summed E-state index contributed by atoms with van der Waals surface area (Å²) in [6.45, 7) is 6.27. The van der Waals surface area contributed by atoms with Gasteiger partial charge in [0.1, 0.15) is 5.75 Å². The van der Waals surface area contributed by atoms with Crippen LogP contribution < -0.4 is 4.74 Å². The van der Waals surface area contributed by atoms with E-state index in [4.69, 9.17) is 10.00 Å². The van der Waals surface area contributed by atoms with Gasteiger partial charge in [-0.15, -0.1) is 0 Å². The third-order valence-electron chi connectivity index (χ3n) is 2.87. The lowest BCUT2D eigenvalue weighted by Gasteiger charge is -2.14. The number of rotatable bonds is 3. The lowest BCUT2D eigenvalue weighted by molar-refractivity contribution is 0.454. The van der Waals surface area contributed by atoms with Gasteiger partial charge in [0.2, 0.25) is 5.88 Å². The lowest BCUT2D eigenvalue weighted by Crippen LogP contribution is -1.96. The van der Waals surface area contributed by atoms with Gasteiger partial charge in [-0.05, 0) is 36.1 Å². The molecule has 3 heteroatoms. The molecule has 0 amide bonds. The number of benzene rings is 1. The van der Waals surface area contributed by atoms with Crippen LogP contribution in [0.4, 0.5) is 0 Å². The second-order valence-electron chi connectivity index (χ2n) is 4.79. The third-order valence-corrected chi connectivity index (χ3v) is 2.87. The van der Waals surface area contributed by atoms with Crippen molar-refractivity contribution in [3.8, 4) is 17.7 Å². The molecule has 0 aliphatic heterocycles. The van der Waals surface area contributed by atoms with E-state index in [1.807, 2.05) is 13.0 Å². The molecule has 19 heavy (non-hydrogen) atoms. The largest absolute Gasteiger partial charge is 0.439 e. The Morgan fingerprint density at radius 2 is 2.00 bits per heavy atom. The average molecular weight is 252 g/mol. The normalized spacial score (nSPS) is 10.3. The summed E-state index contributed by atoms with van der Waals surface area (Å²) in [5, 5.41) is 8.88. The van der Waals surface area contributed by atoms with E-state index in [0.29, 0.717) is 17.4 Å². The van der Waals surface area contributed by atoms with E-state index in [9.17, 15) is 0 Å². The molecule has 1 aromatic carbocycles. The number of hydrogen-bond acceptors (Lipinski definition) is 3. The Morgan fingerprint density at radius 1 is 1.21 bits per heavy atom. The Hall–Kier alpha value is -2.34. The van der Waals surface area contributed by atoms with Gasteiger partial charge in [-0.2, -0.15) is 5.26 Å². The van der Waals surface area contributed by atoms with Gasteiger partial charge in [0.15, 0.2) is 0 Å². The Balaban J connectivity index is 2.37. The van der Waals surface area contributed by atoms with E-state index in [2.05, 4.69) is 37.0 Å². The second-order valence-corrected chi connectivity index (χ2v) is 4.79. The minimum absolute atomic E-state index is 0.370. The van der Waals surface area contributed by atoms with E-state index in [0.717, 1.165) is 16.9 Å². The van der Waals surface area contributed by atoms with Gasteiger partial charge in [-0.3, -0.25) is 0 Å². The summed E-state index contributed by atoms with van der Waals surface area (Å²) in [4.78, 5) is 4.14. The Bertz CT molecular complexity index is 627. The smallest absolute Gasteiger partial charge is 0.220 e. The zero-order valence-electron chi connectivity index (χ0n) is 11.3. The first-order valence-electron chi connectivity index (χ1n) is 6.24. The van der Waals surface area contributed by atoms with Crippen LogP contribution in [0.2, 0.25) is 0 Å². The molecule has 1 heterocycles. The van der Waals surface area contributed by atoms with E-state index >= 15 is 0 Å². The fourth-order valence-electron chi connectivity index (χ4n) is 1.85. The lowest BCUT2D eigenvalue weighted by atomic mass is 10.0. The van der Waals surface area contributed by atoms with Crippen LogP contribution in [-0.4, -0.2) is 4.98 Å². The molecule has 3 nitrogen and oxygen atoms in total. The number of aromatic nitrogens is 1. The summed E-state index contributed by atoms with van der Waals surface area (Å²) in [6.07, 6.45) is 1.58. The molecule has 0 saturated heterocycles. The number of nitrogens with zero attached hydrogens (tertiary/aromatic N) is 2. The van der Waals surface area contributed by atoms with Gasteiger partial charge >= 0.3 is 0 Å². The number of nitriles is 1. The van der Waals surface area contributed by atoms with Gasteiger partial charge in [-0.1, -0.05) is 26.0 Å². The molecule has 0 spiro atoms. The van der Waals surface area contributed by atoms with Crippen molar-refractivity contribution in [2.24, 2.45) is 0 Å². The molecule has 2 rings (SSSR count). The van der Waals surface area contributed by atoms with E-state index in [1.54, 1.807) is 18.3 Å². The summed E-state index contributed by atoms with van der Waals surface area (Å²) in [5.41, 5.74) is 2.81. The predicted molar refractivity (Wildman–Crippen MR) is 74.3 cm³/mol. The summed E-state index contributed by atoms with van der Waals surface area (Å²) in [7, 11) is 0. The predicted octanol–water partition coefficient (Wildman–Crippen LogP) is 4.18. The Labute approximate surface area is 113 Å². The Kier molecular flexibility index (Phi) is 3.82. The van der Waals surface area contributed by atoms with Crippen LogP contribution in [0.1, 0.15) is 36.5 Å². The maximum Gasteiger partial charge on any atom is 0.220 e. The van der Waals surface area contributed by atoms with Crippen LogP contribution in [0, 0.1) is 18.3 Å². The van der Waals surface area contributed by atoms with E-state index in [1.165, 1.54) is 0 Å². The zero-order valence-corrected chi connectivity index (χ0v) is 11.3. The SMILES string of the molecule is Cc1ccc(C(C)C)c(Oc2cc(C#N)ccn2)c1. The van der Waals surface area contributed by atoms with Gasteiger partial charge in [-0.25, -0.2) is 4.98 Å². The molecule has 0 bridgehead atoms. The molecule has 1 aromatic heterocycles. The number of aryl methyl sites for hydroxylation is 1. The summed E-state index contributed by atoms with van der Waals surface area (Å²) in [5.74, 6) is 1.62. The van der Waals surface area contributed by atoms with Crippen LogP contribution in [0.15, 0.2) is 36.5 Å². The molecule has 0 aliphatic carbocycles. The topological polar surface area (TPSA) is 45.9 Å². The highest BCUT2D eigenvalue weighted by atomic mass is 16.5. The first-order valence-corrected chi connectivity index (χ1v) is 6.24. The molecular weight excluding hydrogens is 236 g/mol. The van der Waals surface area contributed by atoms with Gasteiger partial charge in [0.05, 0.1) is 11.6 Å². The second kappa shape index (κ2) is 5.53. The van der Waals surface area contributed by atoms with Crippen molar-refractivity contribution in [1.82, 2.24) is 4.98 Å². The fraction of sp³-hybridized carbons (Fsp3) is 0.250. The fourth-order valence-corrected chi connectivity index (χ4v) is 1.85. The highest BCUT2D eigenvalue weighted by Crippen LogP contribution is 2.30. The maximum absolute atomic E-state index is 8.88. The molecule has 0 fully saturated rings. The van der Waals surface area contributed by atoms with Crippen LogP contribution in [0.5, 0.6) is 11.6 Å². The minimum Gasteiger partial charge on any atom is -0.439 e. The number of pyridine rings is 1. The van der Waals surface area contributed by atoms with Gasteiger partial charge < -0.3 is 4.74 Å². The first kappa shape index (κ1) is 13.1. The van der Waals surface area contributed by atoms with E-state index < -0.39 is 0 Å². The Morgan fingerprint density at radius 3 is 2.68 bits per heavy atom. The van der Waals surface area contributed by atoms with Crippen LogP contribution in [0.25, 0.3) is 0 Å². The molecule has 0 atom stereocenters. The van der Waals surface area contributed by atoms with Gasteiger partial charge in [0.25, 0.3) is 0 Å². The van der Waals surface area contributed by atoms with Crippen molar-refractivity contribution in [3.63, 3.8) is 0 Å². The molecular formula is C16H16N2O. The van der Waals surface area contributed by atoms with Crippen LogP contribution in [-0.2, 0) is 0 Å². The molecule has 2 aromatic rings. The zero-order chi connectivity index (χ0) is 13.8. The summed E-state index contributed by atoms with van der Waals surface area (Å²) < 4.78 is 5.83. The van der Waals surface area contributed by atoms with Crippen molar-refractivity contribution >= 4 is 0 Å². The average Bonchev–Trinajstić information content (AvgIpc) is 2.38. The van der Waals surface area contributed by atoms with Crippen molar-refractivity contribution < 1.29 is 4.74 Å². The molecule has 96 valence electrons. The third kappa shape index (κ3) is 3.11. The summed E-state index contributed by atoms with van der Waals surface area (Å²) in [6, 6.07) is 11.5. The molecule has 0 unspecified atom stereocenters. The molecule has 0 aliphatic rings. The molecule has 0 N–H and O–H groups in total. The minimum atomic E-state index is 0.370. The van der Waals surface area contributed by atoms with E-state index in [-0.39, 0.29) is 0 Å². The number of ether oxygens (including phenoxy) is 1. The molecule has 0 radical (unpaired) electrons. The van der Waals surface area contributed by atoms with Crippen LogP contribution >= 0.6 is 0 Å². The molecule has 0 saturated carbocycles. The van der Waals surface area contributed by atoms with Crippen molar-refractivity contribution in [2.45, 2.75) is 26.7 Å². The van der Waals surface area contributed by atoms with Crippen LogP contribution in [0.3, 0.4) is 0 Å². The standard InChI is InChI=1S/C16H16N2O/c1-11(2)14-5-4-12(3)8-15(14)19-16-9-13(10-17)6-7-18-16/h4-9,11H,1-3H3. The highest BCUT2D eigenvalue weighted by Gasteiger charge is 2.10. The maximum atomic E-state index is 8.88. The highest BCUT2D eigenvalue weighted by molar-refractivity contribution is 5.42. The van der Waals surface area contributed by atoms with Crippen molar-refractivity contribution in [3.05, 3.63) is 53.2 Å².